The molecule has 9 nitrogen and oxygen atoms in total. The average Bonchev–Trinajstić information content (AvgIpc) is 2.77. The first-order valence-electron chi connectivity index (χ1n) is 9.22. The molecule has 1 aromatic carbocycles. The van der Waals surface area contributed by atoms with Gasteiger partial charge in [-0.25, -0.2) is 8.42 Å². The predicted octanol–water partition coefficient (Wildman–Crippen LogP) is 0.905. The van der Waals surface area contributed by atoms with Crippen LogP contribution in [0.5, 0.6) is 0 Å². The van der Waals surface area contributed by atoms with Crippen LogP contribution in [-0.4, -0.2) is 55.4 Å². The number of rotatable bonds is 6. The highest BCUT2D eigenvalue weighted by molar-refractivity contribution is 7.89. The molecule has 0 saturated carbocycles. The molecule has 1 aromatic heterocycles. The number of benzene rings is 1. The van der Waals surface area contributed by atoms with E-state index in [0.717, 1.165) is 5.56 Å². The van der Waals surface area contributed by atoms with Gasteiger partial charge in [-0.1, -0.05) is 17.7 Å². The minimum atomic E-state index is -3.85. The van der Waals surface area contributed by atoms with E-state index in [0.29, 0.717) is 18.1 Å². The van der Waals surface area contributed by atoms with E-state index < -0.39 is 28.1 Å². The highest BCUT2D eigenvalue weighted by atomic mass is 35.5. The van der Waals surface area contributed by atoms with Crippen molar-refractivity contribution >= 4 is 33.4 Å². The lowest BCUT2D eigenvalue weighted by molar-refractivity contribution is -0.140. The number of hydrogen-bond acceptors (Lipinski definition) is 6. The molecule has 0 spiro atoms. The van der Waals surface area contributed by atoms with Gasteiger partial charge >= 0.3 is 11.8 Å². The van der Waals surface area contributed by atoms with Gasteiger partial charge in [-0.2, -0.15) is 4.31 Å². The lowest BCUT2D eigenvalue weighted by atomic mass is 10.3. The van der Waals surface area contributed by atoms with Crippen LogP contribution in [0.25, 0.3) is 0 Å². The van der Waals surface area contributed by atoms with Crippen molar-refractivity contribution in [3.8, 4) is 0 Å². The van der Waals surface area contributed by atoms with Crippen molar-refractivity contribution in [2.24, 2.45) is 0 Å². The van der Waals surface area contributed by atoms with Crippen LogP contribution in [0.15, 0.2) is 53.7 Å². The quantitative estimate of drug-likeness (QED) is 0.629. The van der Waals surface area contributed by atoms with E-state index >= 15 is 0 Å². The first-order chi connectivity index (χ1) is 14.4. The molecule has 2 amide bonds. The van der Waals surface area contributed by atoms with Gasteiger partial charge in [-0.15, -0.1) is 0 Å². The molecule has 0 bridgehead atoms. The number of aromatic nitrogens is 1. The van der Waals surface area contributed by atoms with E-state index in [4.69, 9.17) is 16.3 Å². The van der Waals surface area contributed by atoms with Crippen molar-refractivity contribution in [2.75, 3.05) is 19.7 Å². The summed E-state index contributed by atoms with van der Waals surface area (Å²) in [6.45, 7) is 0.572. The molecule has 3 rings (SSSR count). The van der Waals surface area contributed by atoms with Gasteiger partial charge in [-0.05, 0) is 42.3 Å². The molecule has 1 fully saturated rings. The van der Waals surface area contributed by atoms with Crippen LogP contribution >= 0.6 is 11.6 Å². The van der Waals surface area contributed by atoms with Crippen LogP contribution in [0.2, 0.25) is 5.02 Å². The Bertz CT molecular complexity index is 986. The van der Waals surface area contributed by atoms with Gasteiger partial charge in [0, 0.05) is 30.5 Å². The lowest BCUT2D eigenvalue weighted by Crippen LogP contribution is -2.53. The molecule has 1 saturated heterocycles. The van der Waals surface area contributed by atoms with E-state index in [1.807, 2.05) is 0 Å². The summed E-state index contributed by atoms with van der Waals surface area (Å²) in [5.74, 6) is -1.71. The third-order valence-corrected chi connectivity index (χ3v) is 6.55. The van der Waals surface area contributed by atoms with Crippen molar-refractivity contribution in [2.45, 2.75) is 24.1 Å². The Morgan fingerprint density at radius 1 is 1.17 bits per heavy atom. The van der Waals surface area contributed by atoms with E-state index in [-0.39, 0.29) is 24.5 Å². The highest BCUT2D eigenvalue weighted by Crippen LogP contribution is 2.23. The molecule has 2 heterocycles. The number of halogens is 1. The highest BCUT2D eigenvalue weighted by Gasteiger charge is 2.34. The summed E-state index contributed by atoms with van der Waals surface area (Å²) in [7, 11) is -3.85. The summed E-state index contributed by atoms with van der Waals surface area (Å²) in [5.41, 5.74) is 0.745. The van der Waals surface area contributed by atoms with Gasteiger partial charge in [0.2, 0.25) is 10.0 Å². The van der Waals surface area contributed by atoms with Crippen LogP contribution < -0.4 is 10.6 Å². The molecule has 30 heavy (non-hydrogen) atoms. The zero-order valence-electron chi connectivity index (χ0n) is 16.0. The second kappa shape index (κ2) is 9.98. The van der Waals surface area contributed by atoms with Crippen LogP contribution in [0, 0.1) is 0 Å². The fraction of sp³-hybridized carbons (Fsp3) is 0.316. The third kappa shape index (κ3) is 5.54. The van der Waals surface area contributed by atoms with Gasteiger partial charge < -0.3 is 15.4 Å². The summed E-state index contributed by atoms with van der Waals surface area (Å²) in [4.78, 5) is 28.1. The number of nitrogens with zero attached hydrogens (tertiary/aromatic N) is 2. The maximum Gasteiger partial charge on any atom is 0.309 e. The van der Waals surface area contributed by atoms with Gasteiger partial charge in [-0.3, -0.25) is 14.6 Å². The topological polar surface area (TPSA) is 118 Å². The molecule has 2 aromatic rings. The Kier molecular flexibility index (Phi) is 7.38. The summed E-state index contributed by atoms with van der Waals surface area (Å²) in [5, 5.41) is 5.34. The molecule has 0 aliphatic carbocycles. The van der Waals surface area contributed by atoms with Gasteiger partial charge in [0.15, 0.2) is 0 Å². The predicted molar refractivity (Wildman–Crippen MR) is 109 cm³/mol. The Balaban J connectivity index is 1.59. The van der Waals surface area contributed by atoms with E-state index in [9.17, 15) is 18.0 Å². The SMILES string of the molecule is O=C(NCc1cccnc1)C(=O)NCC1OCCCN1S(=O)(=O)c1ccc(Cl)cc1. The Labute approximate surface area is 179 Å². The normalized spacial score (nSPS) is 17.3. The van der Waals surface area contributed by atoms with E-state index in [2.05, 4.69) is 15.6 Å². The molecule has 1 atom stereocenters. The number of sulfonamides is 1. The number of nitrogens with one attached hydrogen (secondary N) is 2. The van der Waals surface area contributed by atoms with E-state index in [1.165, 1.54) is 28.6 Å². The van der Waals surface area contributed by atoms with Crippen LogP contribution in [0.3, 0.4) is 0 Å². The number of hydrogen-bond donors (Lipinski definition) is 2. The van der Waals surface area contributed by atoms with Crippen molar-refractivity contribution in [1.82, 2.24) is 19.9 Å². The minimum absolute atomic E-state index is 0.0722. The number of carbonyl (C=O) groups is 2. The molecule has 11 heteroatoms. The summed E-state index contributed by atoms with van der Waals surface area (Å²) in [6.07, 6.45) is 2.78. The van der Waals surface area contributed by atoms with Crippen molar-refractivity contribution < 1.29 is 22.7 Å². The Morgan fingerprint density at radius 2 is 1.90 bits per heavy atom. The molecular formula is C19H21ClN4O5S. The smallest absolute Gasteiger partial charge is 0.309 e. The molecule has 0 radical (unpaired) electrons. The third-order valence-electron chi connectivity index (χ3n) is 4.39. The molecule has 1 aliphatic rings. The zero-order valence-corrected chi connectivity index (χ0v) is 17.5. The number of carbonyl (C=O) groups excluding carboxylic acids is 2. The van der Waals surface area contributed by atoms with Crippen LogP contribution in [0.4, 0.5) is 0 Å². The summed E-state index contributed by atoms with van der Waals surface area (Å²) >= 11 is 5.83. The van der Waals surface area contributed by atoms with Gasteiger partial charge in [0.05, 0.1) is 18.0 Å². The maximum absolute atomic E-state index is 13.0. The van der Waals surface area contributed by atoms with Gasteiger partial charge in [0.1, 0.15) is 6.23 Å². The van der Waals surface area contributed by atoms with Crippen LogP contribution in [-0.2, 0) is 30.9 Å². The largest absolute Gasteiger partial charge is 0.360 e. The number of amides is 2. The van der Waals surface area contributed by atoms with Crippen molar-refractivity contribution in [3.05, 3.63) is 59.4 Å². The van der Waals surface area contributed by atoms with Crippen LogP contribution in [0.1, 0.15) is 12.0 Å². The van der Waals surface area contributed by atoms with E-state index in [1.54, 1.807) is 24.5 Å². The number of pyridine rings is 1. The fourth-order valence-electron chi connectivity index (χ4n) is 2.87. The molecule has 160 valence electrons. The standard InChI is InChI=1S/C19H21ClN4O5S/c20-15-4-6-16(7-5-15)30(27,28)24-9-2-10-29-17(24)13-23-19(26)18(25)22-12-14-3-1-8-21-11-14/h1,3-8,11,17H,2,9-10,12-13H2,(H,22,25)(H,23,26). The molecule has 1 aliphatic heterocycles. The minimum Gasteiger partial charge on any atom is -0.360 e. The number of ether oxygens (including phenoxy) is 1. The molecule has 2 N–H and O–H groups in total. The molecular weight excluding hydrogens is 432 g/mol. The first kappa shape index (κ1) is 22.2. The van der Waals surface area contributed by atoms with Gasteiger partial charge in [0.25, 0.3) is 0 Å². The zero-order chi connectivity index (χ0) is 21.6. The maximum atomic E-state index is 13.0. The second-order valence-electron chi connectivity index (χ2n) is 6.50. The molecule has 1 unspecified atom stereocenters. The Hall–Kier alpha value is -2.53. The Morgan fingerprint density at radius 3 is 2.60 bits per heavy atom. The summed E-state index contributed by atoms with van der Waals surface area (Å²) < 4.78 is 32.6. The first-order valence-corrected chi connectivity index (χ1v) is 11.0. The lowest BCUT2D eigenvalue weighted by Gasteiger charge is -2.34. The monoisotopic (exact) mass is 452 g/mol. The van der Waals surface area contributed by atoms with Crippen molar-refractivity contribution in [1.29, 1.82) is 0 Å². The second-order valence-corrected chi connectivity index (χ2v) is 8.83. The average molecular weight is 453 g/mol. The summed E-state index contributed by atoms with van der Waals surface area (Å²) in [6, 6.07) is 9.28. The fourth-order valence-corrected chi connectivity index (χ4v) is 4.56. The van der Waals surface area contributed by atoms with Crippen molar-refractivity contribution in [3.63, 3.8) is 0 Å².